The van der Waals surface area contributed by atoms with E-state index in [9.17, 15) is 19.5 Å². The quantitative estimate of drug-likeness (QED) is 0.353. The molecule has 3 aromatic rings. The first kappa shape index (κ1) is 23.6. The molecule has 10 heteroatoms. The van der Waals surface area contributed by atoms with Crippen molar-refractivity contribution in [2.24, 2.45) is 0 Å². The Morgan fingerprint density at radius 3 is 2.62 bits per heavy atom. The summed E-state index contributed by atoms with van der Waals surface area (Å²) in [6, 6.07) is 7.64. The lowest BCUT2D eigenvalue weighted by atomic mass is 10.1. The van der Waals surface area contributed by atoms with E-state index in [4.69, 9.17) is 11.6 Å². The number of aromatic amines is 1. The van der Waals surface area contributed by atoms with Crippen molar-refractivity contribution >= 4 is 28.9 Å². The third-order valence-corrected chi connectivity index (χ3v) is 5.53. The van der Waals surface area contributed by atoms with Gasteiger partial charge in [0.2, 0.25) is 5.28 Å². The Balaban J connectivity index is 1.80. The van der Waals surface area contributed by atoms with Gasteiger partial charge in [0.25, 0.3) is 5.56 Å². The van der Waals surface area contributed by atoms with Gasteiger partial charge in [-0.25, -0.2) is 9.59 Å². The molecule has 0 bridgehead atoms. The van der Waals surface area contributed by atoms with Gasteiger partial charge in [0.05, 0.1) is 0 Å². The number of rotatable bonds is 10. The van der Waals surface area contributed by atoms with Gasteiger partial charge in [0.15, 0.2) is 11.2 Å². The highest BCUT2D eigenvalue weighted by Gasteiger charge is 2.18. The van der Waals surface area contributed by atoms with Gasteiger partial charge in [-0.2, -0.15) is 4.98 Å². The molecule has 32 heavy (non-hydrogen) atoms. The molecule has 2 N–H and O–H groups in total. The number of nitrogens with one attached hydrogen (secondary N) is 1. The van der Waals surface area contributed by atoms with Crippen LogP contribution in [0.4, 0.5) is 4.79 Å². The molecule has 0 saturated carbocycles. The van der Waals surface area contributed by atoms with Crippen molar-refractivity contribution in [3.8, 4) is 0 Å². The summed E-state index contributed by atoms with van der Waals surface area (Å²) in [5, 5.41) is 9.63. The Morgan fingerprint density at radius 1 is 1.19 bits per heavy atom. The number of carbonyl (C=O) groups is 1. The van der Waals surface area contributed by atoms with Crippen LogP contribution in [0.5, 0.6) is 0 Å². The number of hydrogen-bond donors (Lipinski definition) is 2. The van der Waals surface area contributed by atoms with Crippen LogP contribution < -0.4 is 11.2 Å². The van der Waals surface area contributed by atoms with E-state index in [1.807, 2.05) is 31.2 Å². The fourth-order valence-electron chi connectivity index (χ4n) is 3.75. The predicted octanol–water partition coefficient (Wildman–Crippen LogP) is 3.61. The fourth-order valence-corrected chi connectivity index (χ4v) is 3.92. The Morgan fingerprint density at radius 2 is 1.94 bits per heavy atom. The normalized spacial score (nSPS) is 11.2. The minimum atomic E-state index is -1.05. The number of imidazole rings is 1. The maximum Gasteiger partial charge on any atom is 0.407 e. The Bertz CT molecular complexity index is 1210. The van der Waals surface area contributed by atoms with Crippen molar-refractivity contribution < 1.29 is 9.90 Å². The number of aryl methyl sites for hydroxylation is 2. The minimum Gasteiger partial charge on any atom is -0.465 e. The first-order chi connectivity index (χ1) is 15.3. The molecule has 0 aliphatic carbocycles. The Hall–Kier alpha value is -3.07. The van der Waals surface area contributed by atoms with Gasteiger partial charge in [-0.05, 0) is 36.9 Å². The van der Waals surface area contributed by atoms with Crippen LogP contribution >= 0.6 is 11.6 Å². The number of halogens is 1. The van der Waals surface area contributed by atoms with Gasteiger partial charge in [0, 0.05) is 26.2 Å². The number of aromatic nitrogens is 4. The number of unbranched alkanes of at least 4 members (excludes halogenated alkanes) is 2. The molecule has 0 unspecified atom stereocenters. The van der Waals surface area contributed by atoms with Crippen LogP contribution in [-0.2, 0) is 19.6 Å². The fraction of sp³-hybridized carbons (Fsp3) is 0.455. The highest BCUT2D eigenvalue weighted by atomic mass is 35.5. The van der Waals surface area contributed by atoms with E-state index < -0.39 is 17.3 Å². The lowest BCUT2D eigenvalue weighted by Gasteiger charge is -2.20. The summed E-state index contributed by atoms with van der Waals surface area (Å²) >= 11 is 5.96. The molecule has 2 aromatic heterocycles. The zero-order valence-corrected chi connectivity index (χ0v) is 19.1. The van der Waals surface area contributed by atoms with E-state index >= 15 is 0 Å². The molecule has 0 fully saturated rings. The van der Waals surface area contributed by atoms with Crippen LogP contribution in [-0.4, -0.2) is 41.7 Å². The topological polar surface area (TPSA) is 113 Å². The summed E-state index contributed by atoms with van der Waals surface area (Å²) in [6.07, 6.45) is 1.97. The number of H-pyrrole nitrogens is 1. The molecule has 2 heterocycles. The van der Waals surface area contributed by atoms with Crippen molar-refractivity contribution in [2.45, 2.75) is 59.2 Å². The molecule has 1 aromatic carbocycles. The van der Waals surface area contributed by atoms with Gasteiger partial charge in [-0.15, -0.1) is 0 Å². The number of nitrogens with zero attached hydrogens (tertiary/aromatic N) is 4. The van der Waals surface area contributed by atoms with Crippen molar-refractivity contribution in [3.05, 3.63) is 61.5 Å². The number of carboxylic acid groups (broad SMARTS) is 1. The molecule has 0 radical (unpaired) electrons. The zero-order valence-electron chi connectivity index (χ0n) is 18.3. The largest absolute Gasteiger partial charge is 0.465 e. The first-order valence-electron chi connectivity index (χ1n) is 10.7. The summed E-state index contributed by atoms with van der Waals surface area (Å²) in [6.45, 7) is 4.96. The van der Waals surface area contributed by atoms with Crippen LogP contribution in [0.3, 0.4) is 0 Å². The van der Waals surface area contributed by atoms with Gasteiger partial charge in [-0.1, -0.05) is 49.6 Å². The highest BCUT2D eigenvalue weighted by molar-refractivity contribution is 6.28. The van der Waals surface area contributed by atoms with Crippen LogP contribution in [0.1, 0.15) is 43.7 Å². The molecular formula is C22H28ClN5O4. The van der Waals surface area contributed by atoms with E-state index in [2.05, 4.69) is 16.9 Å². The second-order valence-corrected chi connectivity index (χ2v) is 8.23. The predicted molar refractivity (Wildman–Crippen MR) is 123 cm³/mol. The second kappa shape index (κ2) is 10.5. The summed E-state index contributed by atoms with van der Waals surface area (Å²) < 4.78 is 2.60. The number of amides is 1. The molecule has 0 saturated heterocycles. The SMILES string of the molecule is CCCCCn1c(=O)n(CCCN(Cc2cccc(C)c2)C(=O)O)c(=O)c2[nH]c(Cl)nc21. The highest BCUT2D eigenvalue weighted by Crippen LogP contribution is 2.12. The van der Waals surface area contributed by atoms with Crippen LogP contribution in [0.25, 0.3) is 11.2 Å². The second-order valence-electron chi connectivity index (χ2n) is 7.87. The van der Waals surface area contributed by atoms with Crippen LogP contribution in [0.15, 0.2) is 33.9 Å². The van der Waals surface area contributed by atoms with Gasteiger partial charge >= 0.3 is 11.8 Å². The molecule has 1 amide bonds. The van der Waals surface area contributed by atoms with Gasteiger partial charge in [-0.3, -0.25) is 13.9 Å². The molecule has 172 valence electrons. The smallest absolute Gasteiger partial charge is 0.407 e. The van der Waals surface area contributed by atoms with Crippen molar-refractivity contribution in [2.75, 3.05) is 6.54 Å². The monoisotopic (exact) mass is 461 g/mol. The van der Waals surface area contributed by atoms with E-state index in [1.165, 1.54) is 9.47 Å². The summed E-state index contributed by atoms with van der Waals surface area (Å²) in [4.78, 5) is 45.8. The van der Waals surface area contributed by atoms with Crippen molar-refractivity contribution in [3.63, 3.8) is 0 Å². The van der Waals surface area contributed by atoms with E-state index in [1.54, 1.807) is 0 Å². The average molecular weight is 462 g/mol. The lowest BCUT2D eigenvalue weighted by molar-refractivity contribution is 0.141. The molecule has 3 rings (SSSR count). The van der Waals surface area contributed by atoms with Crippen molar-refractivity contribution in [1.82, 2.24) is 24.0 Å². The standard InChI is InChI=1S/C22H28ClN5O4/c1-3-4-5-11-27-18-17(24-20(23)25-18)19(29)28(21(27)30)12-7-10-26(22(31)32)14-16-9-6-8-15(2)13-16/h6,8-9,13H,3-5,7,10-12,14H2,1-2H3,(H,24,25)(H,31,32). The minimum absolute atomic E-state index is 0.0497. The van der Waals surface area contributed by atoms with E-state index in [-0.39, 0.29) is 36.1 Å². The third kappa shape index (κ3) is 5.40. The maximum absolute atomic E-state index is 13.0. The molecule has 0 aliphatic rings. The average Bonchev–Trinajstić information content (AvgIpc) is 3.13. The van der Waals surface area contributed by atoms with Crippen LogP contribution in [0.2, 0.25) is 5.28 Å². The van der Waals surface area contributed by atoms with E-state index in [0.717, 1.165) is 35.0 Å². The lowest BCUT2D eigenvalue weighted by Crippen LogP contribution is -2.41. The van der Waals surface area contributed by atoms with Gasteiger partial charge < -0.3 is 15.0 Å². The number of benzene rings is 1. The molecule has 0 aliphatic heterocycles. The Kier molecular flexibility index (Phi) is 7.74. The molecule has 9 nitrogen and oxygen atoms in total. The summed E-state index contributed by atoms with van der Waals surface area (Å²) in [7, 11) is 0. The van der Waals surface area contributed by atoms with E-state index in [0.29, 0.717) is 13.0 Å². The maximum atomic E-state index is 13.0. The van der Waals surface area contributed by atoms with Crippen molar-refractivity contribution in [1.29, 1.82) is 0 Å². The number of fused-ring (bicyclic) bond motifs is 1. The third-order valence-electron chi connectivity index (χ3n) is 5.35. The zero-order chi connectivity index (χ0) is 23.3. The Labute approximate surface area is 190 Å². The summed E-state index contributed by atoms with van der Waals surface area (Å²) in [5.41, 5.74) is 1.41. The molecule has 0 spiro atoms. The first-order valence-corrected chi connectivity index (χ1v) is 11.1. The molecular weight excluding hydrogens is 434 g/mol. The van der Waals surface area contributed by atoms with Gasteiger partial charge in [0.1, 0.15) is 0 Å². The summed E-state index contributed by atoms with van der Waals surface area (Å²) in [5.74, 6) is 0. The van der Waals surface area contributed by atoms with Crippen LogP contribution in [0, 0.1) is 6.92 Å². The molecule has 0 atom stereocenters. The number of hydrogen-bond acceptors (Lipinski definition) is 4.